The summed E-state index contributed by atoms with van der Waals surface area (Å²) in [6, 6.07) is 15.9. The maximum atomic E-state index is 12.1. The Morgan fingerprint density at radius 3 is 2.88 bits per heavy atom. The molecule has 0 aliphatic carbocycles. The minimum atomic E-state index is -0.376. The average molecular weight is 340 g/mol. The van der Waals surface area contributed by atoms with E-state index in [4.69, 9.17) is 0 Å². The first kappa shape index (κ1) is 16.6. The molecule has 2 N–H and O–H groups in total. The lowest BCUT2D eigenvalue weighted by Gasteiger charge is -2.23. The van der Waals surface area contributed by atoms with E-state index < -0.39 is 0 Å². The van der Waals surface area contributed by atoms with Gasteiger partial charge in [-0.3, -0.25) is 9.59 Å². The van der Waals surface area contributed by atoms with Gasteiger partial charge in [-0.05, 0) is 31.0 Å². The molecule has 0 fully saturated rings. The lowest BCUT2D eigenvalue weighted by molar-refractivity contribution is -0.124. The van der Waals surface area contributed by atoms with Crippen molar-refractivity contribution < 1.29 is 9.59 Å². The monoisotopic (exact) mass is 340 g/mol. The van der Waals surface area contributed by atoms with Gasteiger partial charge in [0.1, 0.15) is 0 Å². The molecule has 0 aromatic heterocycles. The first-order valence-corrected chi connectivity index (χ1v) is 8.88. The summed E-state index contributed by atoms with van der Waals surface area (Å²) in [7, 11) is 0. The van der Waals surface area contributed by atoms with Crippen molar-refractivity contribution in [3.63, 3.8) is 0 Å². The second-order valence-electron chi connectivity index (χ2n) is 5.89. The van der Waals surface area contributed by atoms with Gasteiger partial charge in [-0.1, -0.05) is 42.0 Å². The van der Waals surface area contributed by atoms with Crippen LogP contribution in [0.1, 0.15) is 17.5 Å². The van der Waals surface area contributed by atoms with Crippen molar-refractivity contribution in [1.29, 1.82) is 0 Å². The number of rotatable bonds is 5. The Hall–Kier alpha value is -2.27. The predicted molar refractivity (Wildman–Crippen MR) is 97.2 cm³/mol. The van der Waals surface area contributed by atoms with Gasteiger partial charge < -0.3 is 10.6 Å². The average Bonchev–Trinajstić information content (AvgIpc) is 2.55. The summed E-state index contributed by atoms with van der Waals surface area (Å²) in [6.45, 7) is 2.64. The number of para-hydroxylation sites is 1. The summed E-state index contributed by atoms with van der Waals surface area (Å²) in [5.74, 6) is -0.192. The van der Waals surface area contributed by atoms with E-state index in [9.17, 15) is 9.59 Å². The fourth-order valence-corrected chi connectivity index (χ4v) is 3.79. The highest BCUT2D eigenvalue weighted by Gasteiger charge is 2.28. The van der Waals surface area contributed by atoms with E-state index >= 15 is 0 Å². The quantitative estimate of drug-likeness (QED) is 0.879. The second kappa shape index (κ2) is 7.53. The number of carbonyl (C=O) groups excluding carboxylic acids is 2. The Labute approximate surface area is 146 Å². The zero-order valence-electron chi connectivity index (χ0n) is 13.5. The molecular formula is C19H20N2O2S. The molecule has 5 heteroatoms. The van der Waals surface area contributed by atoms with Crippen LogP contribution in [0.15, 0.2) is 53.4 Å². The van der Waals surface area contributed by atoms with E-state index in [1.165, 1.54) is 22.9 Å². The van der Waals surface area contributed by atoms with E-state index in [0.29, 0.717) is 6.54 Å². The summed E-state index contributed by atoms with van der Waals surface area (Å²) in [6.07, 6.45) is 0.985. The lowest BCUT2D eigenvalue weighted by atomic mass is 10.1. The molecule has 2 aromatic carbocycles. The fourth-order valence-electron chi connectivity index (χ4n) is 2.68. The molecule has 0 unspecified atom stereocenters. The highest BCUT2D eigenvalue weighted by Crippen LogP contribution is 2.36. The van der Waals surface area contributed by atoms with Gasteiger partial charge in [-0.15, -0.1) is 11.8 Å². The number of carbonyl (C=O) groups is 2. The molecular weight excluding hydrogens is 320 g/mol. The van der Waals surface area contributed by atoms with Crippen LogP contribution < -0.4 is 10.6 Å². The summed E-state index contributed by atoms with van der Waals surface area (Å²) in [4.78, 5) is 25.2. The van der Waals surface area contributed by atoms with Crippen molar-refractivity contribution in [2.45, 2.75) is 29.9 Å². The highest BCUT2D eigenvalue weighted by molar-refractivity contribution is 8.01. The van der Waals surface area contributed by atoms with E-state index in [-0.39, 0.29) is 23.5 Å². The van der Waals surface area contributed by atoms with Gasteiger partial charge in [0.25, 0.3) is 0 Å². The van der Waals surface area contributed by atoms with Crippen LogP contribution >= 0.6 is 11.8 Å². The molecule has 24 heavy (non-hydrogen) atoms. The van der Waals surface area contributed by atoms with Gasteiger partial charge >= 0.3 is 0 Å². The number of aryl methyl sites for hydroxylation is 1. The Balaban J connectivity index is 1.49. The topological polar surface area (TPSA) is 58.2 Å². The molecule has 3 rings (SSSR count). The zero-order chi connectivity index (χ0) is 16.9. The molecule has 0 bridgehead atoms. The molecule has 1 aliphatic rings. The number of hydrogen-bond acceptors (Lipinski definition) is 3. The Morgan fingerprint density at radius 1 is 1.21 bits per heavy atom. The predicted octanol–water partition coefficient (Wildman–Crippen LogP) is 3.16. The first-order chi connectivity index (χ1) is 11.6. The minimum absolute atomic E-state index is 0.0883. The van der Waals surface area contributed by atoms with Crippen LogP contribution in [0.5, 0.6) is 0 Å². The number of amides is 2. The maximum absolute atomic E-state index is 12.1. The van der Waals surface area contributed by atoms with Crippen LogP contribution in [-0.2, 0) is 16.0 Å². The number of fused-ring (bicyclic) bond motifs is 1. The van der Waals surface area contributed by atoms with Gasteiger partial charge in [-0.25, -0.2) is 0 Å². The van der Waals surface area contributed by atoms with Crippen LogP contribution in [0.3, 0.4) is 0 Å². The molecule has 0 saturated carbocycles. The molecule has 1 atom stereocenters. The summed E-state index contributed by atoms with van der Waals surface area (Å²) < 4.78 is 0. The number of thioether (sulfide) groups is 1. The molecule has 124 valence electrons. The molecule has 2 aromatic rings. The van der Waals surface area contributed by atoms with E-state index in [0.717, 1.165) is 17.0 Å². The van der Waals surface area contributed by atoms with E-state index in [1.807, 2.05) is 30.3 Å². The summed E-state index contributed by atoms with van der Waals surface area (Å²) in [5, 5.41) is 5.40. The largest absolute Gasteiger partial charge is 0.356 e. The number of nitrogens with one attached hydrogen (secondary N) is 2. The Morgan fingerprint density at radius 2 is 2.04 bits per heavy atom. The zero-order valence-corrected chi connectivity index (χ0v) is 14.4. The van der Waals surface area contributed by atoms with Crippen molar-refractivity contribution in [1.82, 2.24) is 5.32 Å². The maximum Gasteiger partial charge on any atom is 0.238 e. The minimum Gasteiger partial charge on any atom is -0.356 e. The van der Waals surface area contributed by atoms with Crippen molar-refractivity contribution in [2.75, 3.05) is 11.9 Å². The normalized spacial score (nSPS) is 16.2. The van der Waals surface area contributed by atoms with Gasteiger partial charge in [0.15, 0.2) is 0 Å². The number of hydrogen-bond donors (Lipinski definition) is 2. The van der Waals surface area contributed by atoms with Crippen molar-refractivity contribution in [2.24, 2.45) is 0 Å². The highest BCUT2D eigenvalue weighted by atomic mass is 32.2. The first-order valence-electron chi connectivity index (χ1n) is 8.00. The van der Waals surface area contributed by atoms with Gasteiger partial charge in [0.05, 0.1) is 10.9 Å². The lowest BCUT2D eigenvalue weighted by Crippen LogP contribution is -2.35. The standard InChI is InChI=1S/C19H20N2O2S/c1-13-5-4-6-14(11-13)9-10-20-18(22)12-17-19(23)21-15-7-2-3-8-16(15)24-17/h2-8,11,17H,9-10,12H2,1H3,(H,20,22)(H,21,23)/t17-/m0/s1. The smallest absolute Gasteiger partial charge is 0.238 e. The number of anilines is 1. The molecule has 0 spiro atoms. The molecule has 0 saturated heterocycles. The third kappa shape index (κ3) is 4.17. The number of benzene rings is 2. The van der Waals surface area contributed by atoms with Crippen LogP contribution in [0.4, 0.5) is 5.69 Å². The third-order valence-electron chi connectivity index (χ3n) is 3.90. The van der Waals surface area contributed by atoms with E-state index in [2.05, 4.69) is 35.8 Å². The molecule has 1 aliphatic heterocycles. The van der Waals surface area contributed by atoms with E-state index in [1.54, 1.807) is 0 Å². The Bertz CT molecular complexity index is 761. The fraction of sp³-hybridized carbons (Fsp3) is 0.263. The van der Waals surface area contributed by atoms with Crippen molar-refractivity contribution >= 4 is 29.3 Å². The van der Waals surface area contributed by atoms with Crippen molar-refractivity contribution in [3.8, 4) is 0 Å². The SMILES string of the molecule is Cc1cccc(CCNC(=O)C[C@@H]2Sc3ccccc3NC2=O)c1. The van der Waals surface area contributed by atoms with Crippen LogP contribution in [0.2, 0.25) is 0 Å². The van der Waals surface area contributed by atoms with Gasteiger partial charge in [0.2, 0.25) is 11.8 Å². The van der Waals surface area contributed by atoms with Crippen LogP contribution in [-0.4, -0.2) is 23.6 Å². The van der Waals surface area contributed by atoms with Crippen LogP contribution in [0, 0.1) is 6.92 Å². The molecule has 4 nitrogen and oxygen atoms in total. The van der Waals surface area contributed by atoms with Gasteiger partial charge in [0, 0.05) is 17.9 Å². The third-order valence-corrected chi connectivity index (χ3v) is 5.17. The molecule has 2 amide bonds. The Kier molecular flexibility index (Phi) is 5.20. The van der Waals surface area contributed by atoms with Gasteiger partial charge in [-0.2, -0.15) is 0 Å². The molecule has 1 heterocycles. The summed E-state index contributed by atoms with van der Waals surface area (Å²) in [5.41, 5.74) is 3.24. The molecule has 0 radical (unpaired) electrons. The van der Waals surface area contributed by atoms with Crippen molar-refractivity contribution in [3.05, 3.63) is 59.7 Å². The summed E-state index contributed by atoms with van der Waals surface area (Å²) >= 11 is 1.45. The van der Waals surface area contributed by atoms with Crippen LogP contribution in [0.25, 0.3) is 0 Å². The second-order valence-corrected chi connectivity index (χ2v) is 7.13.